The fraction of sp³-hybridized carbons (Fsp3) is 0.133. The Bertz CT molecular complexity index is 678. The van der Waals surface area contributed by atoms with E-state index in [1.165, 1.54) is 37.4 Å². The molecular formula is C15H11F3O3. The van der Waals surface area contributed by atoms with Gasteiger partial charge in [0, 0.05) is 5.56 Å². The summed E-state index contributed by atoms with van der Waals surface area (Å²) in [5.74, 6) is -0.932. The topological polar surface area (TPSA) is 46.5 Å². The standard InChI is InChI=1S/C15H11F3O3/c1-21-13-8-10(14(19)20)5-6-12(13)9-3-2-4-11(7-9)15(16,17)18/h2-8H,1H3,(H,19,20). The minimum absolute atomic E-state index is 0.00239. The molecule has 21 heavy (non-hydrogen) atoms. The number of ether oxygens (including phenoxy) is 1. The fourth-order valence-electron chi connectivity index (χ4n) is 1.93. The van der Waals surface area contributed by atoms with Crippen molar-refractivity contribution in [3.05, 3.63) is 53.6 Å². The molecule has 0 unspecified atom stereocenters. The molecule has 0 aliphatic rings. The van der Waals surface area contributed by atoms with Gasteiger partial charge in [0.2, 0.25) is 0 Å². The van der Waals surface area contributed by atoms with Crippen LogP contribution < -0.4 is 4.74 Å². The lowest BCUT2D eigenvalue weighted by atomic mass is 10.0. The number of carboxylic acids is 1. The summed E-state index contributed by atoms with van der Waals surface area (Å²) in [6.07, 6.45) is -4.44. The summed E-state index contributed by atoms with van der Waals surface area (Å²) in [6, 6.07) is 8.80. The Morgan fingerprint density at radius 3 is 2.43 bits per heavy atom. The number of aromatic carboxylic acids is 1. The van der Waals surface area contributed by atoms with Crippen molar-refractivity contribution in [3.63, 3.8) is 0 Å². The minimum atomic E-state index is -4.44. The molecule has 0 atom stereocenters. The number of benzene rings is 2. The maximum Gasteiger partial charge on any atom is 0.416 e. The van der Waals surface area contributed by atoms with Crippen molar-refractivity contribution in [2.24, 2.45) is 0 Å². The molecule has 0 spiro atoms. The van der Waals surface area contributed by atoms with E-state index in [1.54, 1.807) is 0 Å². The van der Waals surface area contributed by atoms with E-state index in [-0.39, 0.29) is 11.3 Å². The molecule has 0 saturated heterocycles. The number of alkyl halides is 3. The van der Waals surface area contributed by atoms with E-state index in [9.17, 15) is 18.0 Å². The number of hydrogen-bond donors (Lipinski definition) is 1. The highest BCUT2D eigenvalue weighted by Crippen LogP contribution is 2.35. The molecule has 0 aliphatic heterocycles. The number of carbonyl (C=O) groups is 1. The molecule has 0 bridgehead atoms. The van der Waals surface area contributed by atoms with Gasteiger partial charge in [0.1, 0.15) is 5.75 Å². The third-order valence-corrected chi connectivity index (χ3v) is 2.95. The van der Waals surface area contributed by atoms with Crippen LogP contribution >= 0.6 is 0 Å². The van der Waals surface area contributed by atoms with Crippen LogP contribution in [0.25, 0.3) is 11.1 Å². The molecule has 0 fully saturated rings. The van der Waals surface area contributed by atoms with Crippen molar-refractivity contribution in [2.75, 3.05) is 7.11 Å². The Balaban J connectivity index is 2.54. The molecule has 6 heteroatoms. The highest BCUT2D eigenvalue weighted by Gasteiger charge is 2.30. The highest BCUT2D eigenvalue weighted by molar-refractivity contribution is 5.89. The second-order valence-electron chi connectivity index (χ2n) is 4.30. The van der Waals surface area contributed by atoms with Crippen LogP contribution in [0, 0.1) is 0 Å². The molecule has 0 heterocycles. The maximum absolute atomic E-state index is 12.7. The Morgan fingerprint density at radius 2 is 1.86 bits per heavy atom. The SMILES string of the molecule is COc1cc(C(=O)O)ccc1-c1cccc(C(F)(F)F)c1. The number of hydrogen-bond acceptors (Lipinski definition) is 2. The van der Waals surface area contributed by atoms with Gasteiger partial charge in [-0.3, -0.25) is 0 Å². The first-order valence-corrected chi connectivity index (χ1v) is 5.92. The summed E-state index contributed by atoms with van der Waals surface area (Å²) in [5.41, 5.74) is -0.0702. The molecule has 0 aromatic heterocycles. The number of methoxy groups -OCH3 is 1. The van der Waals surface area contributed by atoms with Crippen molar-refractivity contribution in [1.29, 1.82) is 0 Å². The summed E-state index contributed by atoms with van der Waals surface area (Å²) in [4.78, 5) is 10.9. The van der Waals surface area contributed by atoms with Crippen LogP contribution in [0.3, 0.4) is 0 Å². The summed E-state index contributed by atoms with van der Waals surface area (Å²) in [6.45, 7) is 0. The third kappa shape index (κ3) is 3.16. The molecule has 3 nitrogen and oxygen atoms in total. The smallest absolute Gasteiger partial charge is 0.416 e. The van der Waals surface area contributed by atoms with E-state index in [4.69, 9.17) is 9.84 Å². The third-order valence-electron chi connectivity index (χ3n) is 2.95. The lowest BCUT2D eigenvalue weighted by molar-refractivity contribution is -0.137. The molecule has 2 aromatic carbocycles. The zero-order valence-electron chi connectivity index (χ0n) is 10.9. The van der Waals surface area contributed by atoms with Crippen molar-refractivity contribution < 1.29 is 27.8 Å². The number of rotatable bonds is 3. The Morgan fingerprint density at radius 1 is 1.14 bits per heavy atom. The van der Waals surface area contributed by atoms with Crippen molar-refractivity contribution in [3.8, 4) is 16.9 Å². The van der Waals surface area contributed by atoms with Gasteiger partial charge in [0.05, 0.1) is 18.2 Å². The fourth-order valence-corrected chi connectivity index (χ4v) is 1.93. The van der Waals surface area contributed by atoms with Crippen LogP contribution in [-0.2, 0) is 6.18 Å². The molecule has 0 saturated carbocycles. The molecule has 0 amide bonds. The summed E-state index contributed by atoms with van der Waals surface area (Å²) in [7, 11) is 1.33. The zero-order valence-corrected chi connectivity index (χ0v) is 10.9. The number of carboxylic acid groups (broad SMARTS) is 1. The van der Waals surface area contributed by atoms with Crippen molar-refractivity contribution in [1.82, 2.24) is 0 Å². The van der Waals surface area contributed by atoms with Crippen LogP contribution in [0.4, 0.5) is 13.2 Å². The number of halogens is 3. The summed E-state index contributed by atoms with van der Waals surface area (Å²) >= 11 is 0. The van der Waals surface area contributed by atoms with Crippen LogP contribution in [0.2, 0.25) is 0 Å². The van der Waals surface area contributed by atoms with E-state index in [0.717, 1.165) is 12.1 Å². The van der Waals surface area contributed by atoms with E-state index in [0.29, 0.717) is 11.1 Å². The molecule has 2 aromatic rings. The van der Waals surface area contributed by atoms with E-state index < -0.39 is 17.7 Å². The average Bonchev–Trinajstić information content (AvgIpc) is 2.45. The second-order valence-corrected chi connectivity index (χ2v) is 4.30. The predicted molar refractivity (Wildman–Crippen MR) is 70.4 cm³/mol. The van der Waals surface area contributed by atoms with Gasteiger partial charge in [-0.2, -0.15) is 13.2 Å². The average molecular weight is 296 g/mol. The van der Waals surface area contributed by atoms with Gasteiger partial charge in [-0.15, -0.1) is 0 Å². The highest BCUT2D eigenvalue weighted by atomic mass is 19.4. The van der Waals surface area contributed by atoms with Crippen LogP contribution in [0.15, 0.2) is 42.5 Å². The van der Waals surface area contributed by atoms with Crippen molar-refractivity contribution in [2.45, 2.75) is 6.18 Å². The molecule has 0 aliphatic carbocycles. The lowest BCUT2D eigenvalue weighted by Crippen LogP contribution is -2.04. The van der Waals surface area contributed by atoms with Gasteiger partial charge >= 0.3 is 12.1 Å². The van der Waals surface area contributed by atoms with E-state index in [1.807, 2.05) is 0 Å². The Kier molecular flexibility index (Phi) is 3.88. The monoisotopic (exact) mass is 296 g/mol. The summed E-state index contributed by atoms with van der Waals surface area (Å²) in [5, 5.41) is 8.91. The molecule has 1 N–H and O–H groups in total. The maximum atomic E-state index is 12.7. The Labute approximate surface area is 118 Å². The quantitative estimate of drug-likeness (QED) is 0.928. The van der Waals surface area contributed by atoms with Gasteiger partial charge in [-0.1, -0.05) is 12.1 Å². The van der Waals surface area contributed by atoms with Crippen LogP contribution in [-0.4, -0.2) is 18.2 Å². The molecular weight excluding hydrogens is 285 g/mol. The minimum Gasteiger partial charge on any atom is -0.496 e. The molecule has 110 valence electrons. The van der Waals surface area contributed by atoms with Gasteiger partial charge in [0.15, 0.2) is 0 Å². The van der Waals surface area contributed by atoms with Gasteiger partial charge in [-0.05, 0) is 35.9 Å². The first-order valence-electron chi connectivity index (χ1n) is 5.92. The summed E-state index contributed by atoms with van der Waals surface area (Å²) < 4.78 is 43.3. The first kappa shape index (κ1) is 14.9. The lowest BCUT2D eigenvalue weighted by Gasteiger charge is -2.12. The van der Waals surface area contributed by atoms with E-state index >= 15 is 0 Å². The largest absolute Gasteiger partial charge is 0.496 e. The van der Waals surface area contributed by atoms with Crippen LogP contribution in [0.5, 0.6) is 5.75 Å². The van der Waals surface area contributed by atoms with Crippen LogP contribution in [0.1, 0.15) is 15.9 Å². The van der Waals surface area contributed by atoms with Gasteiger partial charge < -0.3 is 9.84 Å². The first-order chi connectivity index (χ1) is 9.82. The van der Waals surface area contributed by atoms with Crippen molar-refractivity contribution >= 4 is 5.97 Å². The van der Waals surface area contributed by atoms with Gasteiger partial charge in [0.25, 0.3) is 0 Å². The molecule has 0 radical (unpaired) electrons. The normalized spacial score (nSPS) is 11.2. The second kappa shape index (κ2) is 5.47. The van der Waals surface area contributed by atoms with E-state index in [2.05, 4.69) is 0 Å². The molecule has 2 rings (SSSR count). The zero-order chi connectivity index (χ0) is 15.6. The Hall–Kier alpha value is -2.50. The van der Waals surface area contributed by atoms with Gasteiger partial charge in [-0.25, -0.2) is 4.79 Å². The predicted octanol–water partition coefficient (Wildman–Crippen LogP) is 4.08.